The standard InChI is InChI=1S/C9H10F2N2O3S2/c1-16-7-4-5(8(12)17)2-3-6(7)13-18(14,15)9(10)11/h2-4,9,13H,1H3,(H2,12,17). The molecule has 5 nitrogen and oxygen atoms in total. The van der Waals surface area contributed by atoms with Crippen molar-refractivity contribution in [3.05, 3.63) is 23.8 Å². The number of anilines is 1. The summed E-state index contributed by atoms with van der Waals surface area (Å²) < 4.78 is 53.0. The summed E-state index contributed by atoms with van der Waals surface area (Å²) in [5, 5.41) is 0. The number of alkyl halides is 2. The molecule has 1 aromatic rings. The Kier molecular flexibility index (Phi) is 4.41. The molecule has 0 unspecified atom stereocenters. The molecule has 1 aromatic carbocycles. The van der Waals surface area contributed by atoms with Gasteiger partial charge in [-0.15, -0.1) is 0 Å². The smallest absolute Gasteiger partial charge is 0.355 e. The molecular weight excluding hydrogens is 286 g/mol. The first-order chi connectivity index (χ1) is 8.27. The molecule has 0 heterocycles. The number of rotatable bonds is 5. The second-order valence-electron chi connectivity index (χ2n) is 3.19. The Balaban J connectivity index is 3.15. The highest BCUT2D eigenvalue weighted by Crippen LogP contribution is 2.27. The van der Waals surface area contributed by atoms with Gasteiger partial charge in [0.25, 0.3) is 10.0 Å². The van der Waals surface area contributed by atoms with E-state index in [9.17, 15) is 17.2 Å². The molecule has 0 bridgehead atoms. The molecule has 0 spiro atoms. The highest BCUT2D eigenvalue weighted by molar-refractivity contribution is 7.93. The van der Waals surface area contributed by atoms with Crippen molar-refractivity contribution in [2.45, 2.75) is 5.76 Å². The summed E-state index contributed by atoms with van der Waals surface area (Å²) in [6, 6.07) is 3.99. The van der Waals surface area contributed by atoms with E-state index in [2.05, 4.69) is 0 Å². The molecule has 0 saturated heterocycles. The van der Waals surface area contributed by atoms with Gasteiger partial charge in [0.15, 0.2) is 0 Å². The number of sulfonamides is 1. The van der Waals surface area contributed by atoms with E-state index in [1.165, 1.54) is 25.3 Å². The first-order valence-electron chi connectivity index (χ1n) is 4.55. The molecule has 100 valence electrons. The first-order valence-corrected chi connectivity index (χ1v) is 6.51. The first kappa shape index (κ1) is 14.6. The SMILES string of the molecule is COc1cc(C(N)=S)ccc1NS(=O)(=O)C(F)F. The van der Waals surface area contributed by atoms with Crippen molar-refractivity contribution < 1.29 is 21.9 Å². The quantitative estimate of drug-likeness (QED) is 0.800. The normalized spacial score (nSPS) is 11.3. The minimum absolute atomic E-state index is 0.0459. The van der Waals surface area contributed by atoms with Crippen molar-refractivity contribution in [3.8, 4) is 5.75 Å². The van der Waals surface area contributed by atoms with Gasteiger partial charge in [-0.25, -0.2) is 8.42 Å². The monoisotopic (exact) mass is 296 g/mol. The molecule has 3 N–H and O–H groups in total. The van der Waals surface area contributed by atoms with Gasteiger partial charge < -0.3 is 10.5 Å². The van der Waals surface area contributed by atoms with Crippen molar-refractivity contribution in [3.63, 3.8) is 0 Å². The zero-order chi connectivity index (χ0) is 13.9. The number of benzene rings is 1. The van der Waals surface area contributed by atoms with Gasteiger partial charge in [-0.3, -0.25) is 4.72 Å². The third-order valence-electron chi connectivity index (χ3n) is 1.97. The van der Waals surface area contributed by atoms with Gasteiger partial charge in [0.05, 0.1) is 12.8 Å². The predicted octanol–water partition coefficient (Wildman–Crippen LogP) is 1.29. The van der Waals surface area contributed by atoms with Crippen LogP contribution in [-0.4, -0.2) is 26.3 Å². The second-order valence-corrected chi connectivity index (χ2v) is 5.28. The lowest BCUT2D eigenvalue weighted by Gasteiger charge is -2.12. The van der Waals surface area contributed by atoms with E-state index in [1.54, 1.807) is 4.72 Å². The average molecular weight is 296 g/mol. The lowest BCUT2D eigenvalue weighted by Crippen LogP contribution is -2.21. The fourth-order valence-electron chi connectivity index (χ4n) is 1.13. The Morgan fingerprint density at radius 3 is 2.56 bits per heavy atom. The number of ether oxygens (including phenoxy) is 1. The largest absolute Gasteiger partial charge is 0.495 e. The summed E-state index contributed by atoms with van der Waals surface area (Å²) >= 11 is 4.73. The Hall–Kier alpha value is -1.48. The van der Waals surface area contributed by atoms with Crippen LogP contribution in [0.15, 0.2) is 18.2 Å². The molecule has 18 heavy (non-hydrogen) atoms. The van der Waals surface area contributed by atoms with Gasteiger partial charge in [0.1, 0.15) is 10.7 Å². The van der Waals surface area contributed by atoms with Crippen LogP contribution in [0.3, 0.4) is 0 Å². The van der Waals surface area contributed by atoms with Crippen LogP contribution in [0.1, 0.15) is 5.56 Å². The maximum Gasteiger partial charge on any atom is 0.355 e. The van der Waals surface area contributed by atoms with Gasteiger partial charge in [-0.2, -0.15) is 8.78 Å². The summed E-state index contributed by atoms with van der Waals surface area (Å²) in [7, 11) is -3.48. The lowest BCUT2D eigenvalue weighted by atomic mass is 10.2. The summed E-state index contributed by atoms with van der Waals surface area (Å²) in [5.74, 6) is -3.48. The molecule has 0 radical (unpaired) electrons. The summed E-state index contributed by atoms with van der Waals surface area (Å²) in [6.07, 6.45) is 0. The van der Waals surface area contributed by atoms with E-state index in [0.29, 0.717) is 5.56 Å². The van der Waals surface area contributed by atoms with Crippen molar-refractivity contribution >= 4 is 32.9 Å². The van der Waals surface area contributed by atoms with Gasteiger partial charge in [0, 0.05) is 5.56 Å². The molecule has 0 amide bonds. The van der Waals surface area contributed by atoms with E-state index in [4.69, 9.17) is 22.7 Å². The molecule has 0 aliphatic heterocycles. The number of nitrogens with one attached hydrogen (secondary N) is 1. The van der Waals surface area contributed by atoms with Gasteiger partial charge >= 0.3 is 5.76 Å². The zero-order valence-electron chi connectivity index (χ0n) is 9.18. The van der Waals surface area contributed by atoms with Crippen LogP contribution < -0.4 is 15.2 Å². The van der Waals surface area contributed by atoms with Crippen LogP contribution in [0.5, 0.6) is 5.75 Å². The molecule has 0 saturated carbocycles. The van der Waals surface area contributed by atoms with E-state index < -0.39 is 15.8 Å². The summed E-state index contributed by atoms with van der Waals surface area (Å²) in [4.78, 5) is 0.0802. The Bertz CT molecular complexity index is 561. The van der Waals surface area contributed by atoms with Crippen molar-refractivity contribution in [1.29, 1.82) is 0 Å². The number of hydrogen-bond donors (Lipinski definition) is 2. The fourth-order valence-corrected chi connectivity index (χ4v) is 1.82. The Morgan fingerprint density at radius 2 is 2.11 bits per heavy atom. The van der Waals surface area contributed by atoms with Crippen LogP contribution >= 0.6 is 12.2 Å². The minimum atomic E-state index is -4.74. The molecular formula is C9H10F2N2O3S2. The third-order valence-corrected chi connectivity index (χ3v) is 3.18. The number of thiocarbonyl (C=S) groups is 1. The van der Waals surface area contributed by atoms with Gasteiger partial charge in [-0.1, -0.05) is 12.2 Å². The van der Waals surface area contributed by atoms with Gasteiger partial charge in [-0.05, 0) is 18.2 Å². The summed E-state index contributed by atoms with van der Waals surface area (Å²) in [6.45, 7) is 0. The zero-order valence-corrected chi connectivity index (χ0v) is 10.8. The Labute approximate surface area is 108 Å². The molecule has 0 fully saturated rings. The fraction of sp³-hybridized carbons (Fsp3) is 0.222. The van der Waals surface area contributed by atoms with Crippen LogP contribution in [0.25, 0.3) is 0 Å². The lowest BCUT2D eigenvalue weighted by molar-refractivity contribution is 0.236. The van der Waals surface area contributed by atoms with E-state index in [1.807, 2.05) is 0 Å². The molecule has 0 atom stereocenters. The number of nitrogens with two attached hydrogens (primary N) is 1. The van der Waals surface area contributed by atoms with E-state index in [-0.39, 0.29) is 16.4 Å². The topological polar surface area (TPSA) is 81.4 Å². The second kappa shape index (κ2) is 5.44. The number of methoxy groups -OCH3 is 1. The number of hydrogen-bond acceptors (Lipinski definition) is 4. The van der Waals surface area contributed by atoms with E-state index in [0.717, 1.165) is 0 Å². The van der Waals surface area contributed by atoms with Crippen molar-refractivity contribution in [2.24, 2.45) is 5.73 Å². The maximum absolute atomic E-state index is 12.2. The van der Waals surface area contributed by atoms with Crippen LogP contribution in [0, 0.1) is 0 Å². The summed E-state index contributed by atoms with van der Waals surface area (Å²) in [5.41, 5.74) is 5.70. The van der Waals surface area contributed by atoms with Crippen LogP contribution in [0.4, 0.5) is 14.5 Å². The average Bonchev–Trinajstić information content (AvgIpc) is 2.28. The number of halogens is 2. The molecule has 9 heteroatoms. The van der Waals surface area contributed by atoms with Crippen LogP contribution in [0.2, 0.25) is 0 Å². The van der Waals surface area contributed by atoms with Crippen LogP contribution in [-0.2, 0) is 10.0 Å². The van der Waals surface area contributed by atoms with Crippen molar-refractivity contribution in [1.82, 2.24) is 0 Å². The van der Waals surface area contributed by atoms with Gasteiger partial charge in [0.2, 0.25) is 0 Å². The van der Waals surface area contributed by atoms with Crippen molar-refractivity contribution in [2.75, 3.05) is 11.8 Å². The maximum atomic E-state index is 12.2. The molecule has 0 aromatic heterocycles. The molecule has 1 rings (SSSR count). The highest BCUT2D eigenvalue weighted by atomic mass is 32.2. The Morgan fingerprint density at radius 1 is 1.50 bits per heavy atom. The van der Waals surface area contributed by atoms with E-state index >= 15 is 0 Å². The third kappa shape index (κ3) is 3.26. The highest BCUT2D eigenvalue weighted by Gasteiger charge is 2.25. The predicted molar refractivity (Wildman–Crippen MR) is 67.4 cm³/mol. The molecule has 0 aliphatic carbocycles. The molecule has 0 aliphatic rings. The minimum Gasteiger partial charge on any atom is -0.495 e.